The summed E-state index contributed by atoms with van der Waals surface area (Å²) in [4.78, 5) is 29.0. The monoisotopic (exact) mass is 475 g/mol. The van der Waals surface area contributed by atoms with Gasteiger partial charge in [0.15, 0.2) is 0 Å². The highest BCUT2D eigenvalue weighted by molar-refractivity contribution is 6.76. The van der Waals surface area contributed by atoms with Gasteiger partial charge in [-0.3, -0.25) is 4.57 Å². The van der Waals surface area contributed by atoms with Gasteiger partial charge in [0.25, 0.3) is 0 Å². The van der Waals surface area contributed by atoms with Gasteiger partial charge in [-0.2, -0.15) is 0 Å². The molecular weight excluding hydrogens is 438 g/mol. The molecule has 0 spiro atoms. The van der Waals surface area contributed by atoms with Gasteiger partial charge < -0.3 is 19.5 Å². The Balaban J connectivity index is 1.73. The van der Waals surface area contributed by atoms with E-state index in [0.29, 0.717) is 17.9 Å². The second-order valence-electron chi connectivity index (χ2n) is 10.3. The van der Waals surface area contributed by atoms with Gasteiger partial charge in [0.1, 0.15) is 24.2 Å². The second kappa shape index (κ2) is 10.7. The lowest BCUT2D eigenvalue weighted by atomic mass is 9.99. The number of carbonyl (C=O) groups excluding carboxylic acids is 2. The maximum atomic E-state index is 12.4. The number of methoxy groups -OCH3 is 1. The summed E-state index contributed by atoms with van der Waals surface area (Å²) >= 11 is 0. The van der Waals surface area contributed by atoms with Gasteiger partial charge in [0, 0.05) is 32.3 Å². The standard InChI is InChI=1S/C24H37N3O5Si/c1-16(2)26-24(29)32-20-8-7-17(12-20)19-11-18-13-21(23(28)30-3)27(22(18)25-14-19)15-31-9-10-33(4,5)6/h11,13-14,16-17,20H,7-10,12,15H2,1-6H3,(H,26,29). The minimum absolute atomic E-state index is 0.0499. The number of fused-ring (bicyclic) bond motifs is 1. The molecule has 0 bridgehead atoms. The number of hydrogen-bond donors (Lipinski definition) is 1. The van der Waals surface area contributed by atoms with Crippen molar-refractivity contribution in [3.05, 3.63) is 29.6 Å². The van der Waals surface area contributed by atoms with Crippen molar-refractivity contribution >= 4 is 31.2 Å². The molecule has 8 nitrogen and oxygen atoms in total. The molecule has 0 radical (unpaired) electrons. The van der Waals surface area contributed by atoms with Crippen molar-refractivity contribution in [2.45, 2.75) is 83.6 Å². The van der Waals surface area contributed by atoms with Crippen LogP contribution >= 0.6 is 0 Å². The third-order valence-corrected chi connectivity index (χ3v) is 7.61. The third kappa shape index (κ3) is 6.80. The first-order chi connectivity index (χ1) is 15.6. The molecule has 1 N–H and O–H groups in total. The first kappa shape index (κ1) is 25.2. The largest absolute Gasteiger partial charge is 0.464 e. The molecule has 2 aromatic heterocycles. The number of aromatic nitrogens is 2. The Bertz CT molecular complexity index is 982. The highest BCUT2D eigenvalue weighted by Gasteiger charge is 2.29. The molecule has 2 heterocycles. The molecule has 1 aliphatic carbocycles. The van der Waals surface area contributed by atoms with Crippen LogP contribution in [0.2, 0.25) is 25.7 Å². The quantitative estimate of drug-likeness (QED) is 0.315. The number of ether oxygens (including phenoxy) is 3. The number of alkyl carbamates (subject to hydrolysis) is 1. The highest BCUT2D eigenvalue weighted by atomic mass is 28.3. The summed E-state index contributed by atoms with van der Waals surface area (Å²) in [5.74, 6) is -0.148. The maximum absolute atomic E-state index is 12.4. The fourth-order valence-electron chi connectivity index (χ4n) is 4.10. The van der Waals surface area contributed by atoms with Gasteiger partial charge in [-0.1, -0.05) is 19.6 Å². The van der Waals surface area contributed by atoms with Crippen LogP contribution in [0.25, 0.3) is 11.0 Å². The normalized spacial score (nSPS) is 18.6. The molecule has 33 heavy (non-hydrogen) atoms. The van der Waals surface area contributed by atoms with Crippen LogP contribution in [0.4, 0.5) is 4.79 Å². The number of rotatable bonds is 9. The van der Waals surface area contributed by atoms with Crippen molar-refractivity contribution in [1.82, 2.24) is 14.9 Å². The molecule has 0 aromatic carbocycles. The lowest BCUT2D eigenvalue weighted by Crippen LogP contribution is -2.33. The molecule has 1 amide bonds. The number of esters is 1. The molecule has 1 fully saturated rings. The molecule has 0 saturated heterocycles. The van der Waals surface area contributed by atoms with Crippen molar-refractivity contribution in [3.63, 3.8) is 0 Å². The second-order valence-corrected chi connectivity index (χ2v) is 15.9. The van der Waals surface area contributed by atoms with Crippen molar-refractivity contribution in [3.8, 4) is 0 Å². The first-order valence-corrected chi connectivity index (χ1v) is 15.4. The Labute approximate surface area is 197 Å². The average Bonchev–Trinajstić information content (AvgIpc) is 3.33. The van der Waals surface area contributed by atoms with E-state index in [0.717, 1.165) is 36.3 Å². The van der Waals surface area contributed by atoms with E-state index in [1.54, 1.807) is 4.57 Å². The zero-order chi connectivity index (χ0) is 24.2. The van der Waals surface area contributed by atoms with Gasteiger partial charge in [-0.15, -0.1) is 0 Å². The van der Waals surface area contributed by atoms with Crippen LogP contribution in [0.15, 0.2) is 18.3 Å². The van der Waals surface area contributed by atoms with Gasteiger partial charge in [-0.05, 0) is 62.8 Å². The SMILES string of the molecule is COC(=O)c1cc2cc(C3CCC(OC(=O)NC(C)C)C3)cnc2n1COCC[Si](C)(C)C. The molecule has 1 aliphatic rings. The average molecular weight is 476 g/mol. The van der Waals surface area contributed by atoms with E-state index in [1.165, 1.54) is 7.11 Å². The summed E-state index contributed by atoms with van der Waals surface area (Å²) in [5.41, 5.74) is 2.23. The van der Waals surface area contributed by atoms with Crippen LogP contribution in [0, 0.1) is 0 Å². The van der Waals surface area contributed by atoms with E-state index < -0.39 is 14.0 Å². The minimum Gasteiger partial charge on any atom is -0.464 e. The van der Waals surface area contributed by atoms with Crippen molar-refractivity contribution < 1.29 is 23.8 Å². The van der Waals surface area contributed by atoms with Crippen LogP contribution in [0.5, 0.6) is 0 Å². The van der Waals surface area contributed by atoms with E-state index in [-0.39, 0.29) is 30.9 Å². The van der Waals surface area contributed by atoms with Crippen molar-refractivity contribution in [1.29, 1.82) is 0 Å². The Morgan fingerprint density at radius 3 is 2.67 bits per heavy atom. The molecule has 2 unspecified atom stereocenters. The lowest BCUT2D eigenvalue weighted by molar-refractivity contribution is 0.0545. The lowest BCUT2D eigenvalue weighted by Gasteiger charge is -2.16. The molecule has 9 heteroatoms. The summed E-state index contributed by atoms with van der Waals surface area (Å²) < 4.78 is 18.2. The first-order valence-electron chi connectivity index (χ1n) is 11.7. The van der Waals surface area contributed by atoms with Gasteiger partial charge >= 0.3 is 12.1 Å². The Hall–Kier alpha value is -2.39. The number of amides is 1. The van der Waals surface area contributed by atoms with Crippen LogP contribution in [0.3, 0.4) is 0 Å². The van der Waals surface area contributed by atoms with Crippen LogP contribution in [0.1, 0.15) is 55.1 Å². The zero-order valence-electron chi connectivity index (χ0n) is 20.6. The highest BCUT2D eigenvalue weighted by Crippen LogP contribution is 2.37. The Morgan fingerprint density at radius 2 is 2.00 bits per heavy atom. The molecular formula is C24H37N3O5Si. The zero-order valence-corrected chi connectivity index (χ0v) is 21.6. The van der Waals surface area contributed by atoms with E-state index >= 15 is 0 Å². The molecule has 2 aromatic rings. The number of carbonyl (C=O) groups is 2. The summed E-state index contributed by atoms with van der Waals surface area (Å²) in [5, 5.41) is 3.65. The summed E-state index contributed by atoms with van der Waals surface area (Å²) in [6.45, 7) is 11.6. The molecule has 3 rings (SSSR count). The van der Waals surface area contributed by atoms with Crippen molar-refractivity contribution in [2.24, 2.45) is 0 Å². The predicted octanol–water partition coefficient (Wildman–Crippen LogP) is 4.91. The van der Waals surface area contributed by atoms with Gasteiger partial charge in [-0.25, -0.2) is 14.6 Å². The summed E-state index contributed by atoms with van der Waals surface area (Å²) in [6, 6.07) is 5.00. The maximum Gasteiger partial charge on any atom is 0.407 e. The fraction of sp³-hybridized carbons (Fsp3) is 0.625. The van der Waals surface area contributed by atoms with Crippen LogP contribution in [-0.4, -0.2) is 55.5 Å². The predicted molar refractivity (Wildman–Crippen MR) is 130 cm³/mol. The van der Waals surface area contributed by atoms with Crippen molar-refractivity contribution in [2.75, 3.05) is 13.7 Å². The molecule has 1 saturated carbocycles. The van der Waals surface area contributed by atoms with Gasteiger partial charge in [0.05, 0.1) is 7.11 Å². The van der Waals surface area contributed by atoms with E-state index in [2.05, 4.69) is 36.0 Å². The summed E-state index contributed by atoms with van der Waals surface area (Å²) in [7, 11) is 0.179. The topological polar surface area (TPSA) is 91.7 Å². The number of nitrogens with one attached hydrogen (secondary N) is 1. The number of nitrogens with zero attached hydrogens (tertiary/aromatic N) is 2. The minimum atomic E-state index is -1.20. The molecule has 182 valence electrons. The van der Waals surface area contributed by atoms with Crippen LogP contribution in [-0.2, 0) is 20.9 Å². The molecule has 2 atom stereocenters. The fourth-order valence-corrected chi connectivity index (χ4v) is 4.85. The Morgan fingerprint density at radius 1 is 1.24 bits per heavy atom. The number of pyridine rings is 1. The smallest absolute Gasteiger partial charge is 0.407 e. The van der Waals surface area contributed by atoms with Gasteiger partial charge in [0.2, 0.25) is 0 Å². The van der Waals surface area contributed by atoms with E-state index in [4.69, 9.17) is 14.2 Å². The Kier molecular flexibility index (Phi) is 8.17. The summed E-state index contributed by atoms with van der Waals surface area (Å²) in [6.07, 6.45) is 3.93. The molecule has 0 aliphatic heterocycles. The van der Waals surface area contributed by atoms with E-state index in [1.807, 2.05) is 26.1 Å². The third-order valence-electron chi connectivity index (χ3n) is 5.90. The van der Waals surface area contributed by atoms with Crippen LogP contribution < -0.4 is 5.32 Å². The van der Waals surface area contributed by atoms with E-state index in [9.17, 15) is 9.59 Å². The number of hydrogen-bond acceptors (Lipinski definition) is 6.